The number of hydrogen-bond donors (Lipinski definition) is 2. The molecular weight excluding hydrogens is 456 g/mol. The van der Waals surface area contributed by atoms with Gasteiger partial charge in [-0.3, -0.25) is 14.8 Å². The van der Waals surface area contributed by atoms with E-state index < -0.39 is 0 Å². The van der Waals surface area contributed by atoms with Crippen molar-refractivity contribution in [2.45, 2.75) is 20.3 Å². The molecule has 0 bridgehead atoms. The first-order chi connectivity index (χ1) is 17.3. The number of aryl methyl sites for hydroxylation is 1. The highest BCUT2D eigenvalue weighted by atomic mass is 16.3. The summed E-state index contributed by atoms with van der Waals surface area (Å²) >= 11 is 0. The highest BCUT2D eigenvalue weighted by molar-refractivity contribution is 5.98. The lowest BCUT2D eigenvalue weighted by Crippen LogP contribution is -2.29. The van der Waals surface area contributed by atoms with Crippen LogP contribution in [0.25, 0.3) is 33.6 Å². The lowest BCUT2D eigenvalue weighted by atomic mass is 9.85. The first-order valence-electron chi connectivity index (χ1n) is 11.8. The summed E-state index contributed by atoms with van der Waals surface area (Å²) in [6.45, 7) is 4.97. The quantitative estimate of drug-likeness (QED) is 0.439. The summed E-state index contributed by atoms with van der Waals surface area (Å²) < 4.78 is 5.35. The molecule has 3 atom stereocenters. The van der Waals surface area contributed by atoms with E-state index in [4.69, 9.17) is 10.2 Å². The standard InChI is InChI=1S/C26H26N8O2/c1-14-6-21(25-28-4-5-36-25)29-10-17(14)20-7-15-8-22(30-11-18(15)23(27)32-20)33-24(35)16-9-19(16)26(2)12-31-34(3)13-26/h4-8,10-12,16,19H,9,13H2,1-3H3,(H2,27,32)(H,30,33,35)/t16-,19-,26-/m1/s1. The molecular formula is C26H26N8O2. The summed E-state index contributed by atoms with van der Waals surface area (Å²) in [6, 6.07) is 5.67. The minimum Gasteiger partial charge on any atom is -0.443 e. The van der Waals surface area contributed by atoms with Gasteiger partial charge in [-0.25, -0.2) is 15.0 Å². The monoisotopic (exact) mass is 482 g/mol. The number of nitrogens with two attached hydrogens (primary N) is 1. The molecule has 2 aliphatic rings. The zero-order valence-corrected chi connectivity index (χ0v) is 20.3. The van der Waals surface area contributed by atoms with E-state index in [2.05, 4.69) is 37.3 Å². The van der Waals surface area contributed by atoms with Gasteiger partial charge >= 0.3 is 0 Å². The Labute approximate surface area is 207 Å². The number of hydrogen-bond acceptors (Lipinski definition) is 9. The minimum absolute atomic E-state index is 0.0135. The molecule has 3 N–H and O–H groups in total. The fraction of sp³-hybridized carbons (Fsp3) is 0.308. The summed E-state index contributed by atoms with van der Waals surface area (Å²) in [5.41, 5.74) is 9.34. The molecule has 10 heteroatoms. The summed E-state index contributed by atoms with van der Waals surface area (Å²) in [5, 5.41) is 10.8. The predicted octanol–water partition coefficient (Wildman–Crippen LogP) is 3.75. The maximum atomic E-state index is 13.0. The molecule has 182 valence electrons. The number of oxazole rings is 1. The third-order valence-electron chi connectivity index (χ3n) is 7.13. The van der Waals surface area contributed by atoms with Crippen LogP contribution in [0.15, 0.2) is 52.6 Å². The van der Waals surface area contributed by atoms with Crippen LogP contribution >= 0.6 is 0 Å². The molecule has 1 aliphatic carbocycles. The number of carbonyl (C=O) groups is 1. The summed E-state index contributed by atoms with van der Waals surface area (Å²) in [5.74, 6) is 1.55. The second kappa shape index (κ2) is 8.11. The van der Waals surface area contributed by atoms with Crippen molar-refractivity contribution < 1.29 is 9.21 Å². The van der Waals surface area contributed by atoms with Crippen molar-refractivity contribution in [1.29, 1.82) is 0 Å². The van der Waals surface area contributed by atoms with E-state index in [0.717, 1.165) is 34.9 Å². The summed E-state index contributed by atoms with van der Waals surface area (Å²) in [4.78, 5) is 30.6. The first-order valence-corrected chi connectivity index (χ1v) is 11.8. The van der Waals surface area contributed by atoms with Crippen molar-refractivity contribution in [2.75, 3.05) is 24.6 Å². The number of nitrogens with one attached hydrogen (secondary N) is 1. The Balaban J connectivity index is 1.25. The van der Waals surface area contributed by atoms with E-state index in [0.29, 0.717) is 28.9 Å². The van der Waals surface area contributed by atoms with Gasteiger partial charge in [0.25, 0.3) is 0 Å². The van der Waals surface area contributed by atoms with Gasteiger partial charge in [0.15, 0.2) is 0 Å². The van der Waals surface area contributed by atoms with Gasteiger partial charge in [-0.15, -0.1) is 0 Å². The van der Waals surface area contributed by atoms with E-state index in [1.165, 1.54) is 6.26 Å². The van der Waals surface area contributed by atoms with Gasteiger partial charge in [0.05, 0.1) is 11.9 Å². The normalized spacial score (nSPS) is 22.8. The maximum Gasteiger partial charge on any atom is 0.244 e. The first kappa shape index (κ1) is 22.1. The van der Waals surface area contributed by atoms with Gasteiger partial charge in [-0.1, -0.05) is 6.92 Å². The molecule has 0 spiro atoms. The number of nitrogen functional groups attached to an aromatic ring is 1. The van der Waals surface area contributed by atoms with Crippen molar-refractivity contribution >= 4 is 34.5 Å². The van der Waals surface area contributed by atoms with E-state index in [-0.39, 0.29) is 23.2 Å². The van der Waals surface area contributed by atoms with Crippen LogP contribution < -0.4 is 11.1 Å². The van der Waals surface area contributed by atoms with Crippen LogP contribution in [0.4, 0.5) is 11.6 Å². The van der Waals surface area contributed by atoms with Gasteiger partial charge < -0.3 is 15.5 Å². The Morgan fingerprint density at radius 3 is 2.78 bits per heavy atom. The fourth-order valence-corrected chi connectivity index (χ4v) is 5.12. The minimum atomic E-state index is -0.0724. The molecule has 10 nitrogen and oxygen atoms in total. The SMILES string of the molecule is Cc1cc(-c2ncco2)ncc1-c1cc2cc(NC(=O)[C@@H]3C[C@H]3[C@]3(C)C=NN(C)C3)ncc2c(N)n1. The van der Waals surface area contributed by atoms with Gasteiger partial charge in [0.1, 0.15) is 23.6 Å². The number of fused-ring (bicyclic) bond motifs is 1. The van der Waals surface area contributed by atoms with Crippen molar-refractivity contribution in [3.05, 3.63) is 48.6 Å². The highest BCUT2D eigenvalue weighted by Crippen LogP contribution is 2.52. The molecule has 0 aromatic carbocycles. The molecule has 6 rings (SSSR count). The van der Waals surface area contributed by atoms with Crippen LogP contribution in [-0.4, -0.2) is 50.7 Å². The Bertz CT molecular complexity index is 1520. The largest absolute Gasteiger partial charge is 0.443 e. The number of amides is 1. The molecule has 4 aromatic rings. The molecule has 0 unspecified atom stereocenters. The number of pyridine rings is 3. The van der Waals surface area contributed by atoms with Crippen LogP contribution in [0.3, 0.4) is 0 Å². The van der Waals surface area contributed by atoms with Gasteiger partial charge in [-0.05, 0) is 48.4 Å². The smallest absolute Gasteiger partial charge is 0.244 e. The molecule has 1 amide bonds. The average Bonchev–Trinajstić information content (AvgIpc) is 3.34. The van der Waals surface area contributed by atoms with Crippen molar-refractivity contribution in [3.63, 3.8) is 0 Å². The van der Waals surface area contributed by atoms with Gasteiger partial charge in [0.2, 0.25) is 11.8 Å². The molecule has 5 heterocycles. The van der Waals surface area contributed by atoms with Crippen LogP contribution in [-0.2, 0) is 4.79 Å². The lowest BCUT2D eigenvalue weighted by Gasteiger charge is -2.21. The molecule has 1 fully saturated rings. The van der Waals surface area contributed by atoms with E-state index in [9.17, 15) is 4.79 Å². The van der Waals surface area contributed by atoms with Gasteiger partial charge in [0, 0.05) is 54.5 Å². The van der Waals surface area contributed by atoms with Crippen LogP contribution in [0.1, 0.15) is 18.9 Å². The third kappa shape index (κ3) is 3.84. The Kier molecular flexibility index (Phi) is 4.99. The number of aromatic nitrogens is 4. The molecule has 1 saturated carbocycles. The number of rotatable bonds is 5. The van der Waals surface area contributed by atoms with Crippen LogP contribution in [0, 0.1) is 24.2 Å². The van der Waals surface area contributed by atoms with Crippen molar-refractivity contribution in [2.24, 2.45) is 22.4 Å². The number of anilines is 2. The van der Waals surface area contributed by atoms with Gasteiger partial charge in [-0.2, -0.15) is 5.10 Å². The zero-order valence-electron chi connectivity index (χ0n) is 20.3. The van der Waals surface area contributed by atoms with E-state index in [1.807, 2.05) is 43.4 Å². The summed E-state index contributed by atoms with van der Waals surface area (Å²) in [6.07, 6.45) is 9.32. The van der Waals surface area contributed by atoms with E-state index >= 15 is 0 Å². The number of hydrazone groups is 1. The van der Waals surface area contributed by atoms with Crippen LogP contribution in [0.5, 0.6) is 0 Å². The second-order valence-corrected chi connectivity index (χ2v) is 9.91. The maximum absolute atomic E-state index is 13.0. The molecule has 4 aromatic heterocycles. The molecule has 36 heavy (non-hydrogen) atoms. The predicted molar refractivity (Wildman–Crippen MR) is 137 cm³/mol. The zero-order chi connectivity index (χ0) is 25.0. The fourth-order valence-electron chi connectivity index (χ4n) is 5.12. The Morgan fingerprint density at radius 2 is 2.06 bits per heavy atom. The molecule has 0 radical (unpaired) electrons. The summed E-state index contributed by atoms with van der Waals surface area (Å²) in [7, 11) is 1.95. The average molecular weight is 483 g/mol. The second-order valence-electron chi connectivity index (χ2n) is 9.91. The van der Waals surface area contributed by atoms with Crippen molar-refractivity contribution in [1.82, 2.24) is 24.9 Å². The molecule has 0 saturated heterocycles. The number of nitrogens with zero attached hydrogens (tertiary/aromatic N) is 6. The number of carbonyl (C=O) groups excluding carboxylic acids is 1. The van der Waals surface area contributed by atoms with E-state index in [1.54, 1.807) is 18.6 Å². The molecule has 1 aliphatic heterocycles. The Hall–Kier alpha value is -4.34. The Morgan fingerprint density at radius 1 is 1.19 bits per heavy atom. The highest BCUT2D eigenvalue weighted by Gasteiger charge is 2.54. The topological polar surface area (TPSA) is 135 Å². The van der Waals surface area contributed by atoms with Crippen LogP contribution in [0.2, 0.25) is 0 Å². The van der Waals surface area contributed by atoms with Crippen molar-refractivity contribution in [3.8, 4) is 22.8 Å². The third-order valence-corrected chi connectivity index (χ3v) is 7.13. The lowest BCUT2D eigenvalue weighted by molar-refractivity contribution is -0.117.